The van der Waals surface area contributed by atoms with E-state index in [4.69, 9.17) is 24.7 Å². The van der Waals surface area contributed by atoms with E-state index in [1.165, 1.54) is 24.3 Å². The molecule has 1 unspecified atom stereocenters. The zero-order chi connectivity index (χ0) is 30.2. The summed E-state index contributed by atoms with van der Waals surface area (Å²) < 4.78 is 36.2. The summed E-state index contributed by atoms with van der Waals surface area (Å²) in [7, 11) is 1.54. The average molecular weight is 588 g/mol. The molecule has 4 aromatic rings. The number of amides is 1. The van der Waals surface area contributed by atoms with E-state index in [0.29, 0.717) is 46.0 Å². The molecule has 9 nitrogen and oxygen atoms in total. The van der Waals surface area contributed by atoms with Crippen molar-refractivity contribution in [1.29, 1.82) is 0 Å². The van der Waals surface area contributed by atoms with Gasteiger partial charge in [0.05, 0.1) is 25.7 Å². The maximum Gasteiger partial charge on any atom is 0.323 e. The first kappa shape index (κ1) is 29.8. The van der Waals surface area contributed by atoms with E-state index in [9.17, 15) is 14.0 Å². The topological polar surface area (TPSA) is 122 Å². The Balaban J connectivity index is 1.19. The van der Waals surface area contributed by atoms with E-state index in [1.54, 1.807) is 43.6 Å². The first-order valence-electron chi connectivity index (χ1n) is 14.3. The number of aromatic nitrogens is 1. The van der Waals surface area contributed by atoms with Gasteiger partial charge in [-0.05, 0) is 79.8 Å². The van der Waals surface area contributed by atoms with Gasteiger partial charge in [-0.25, -0.2) is 4.39 Å². The highest BCUT2D eigenvalue weighted by molar-refractivity contribution is 5.92. The summed E-state index contributed by atoms with van der Waals surface area (Å²) >= 11 is 0. The molecule has 3 aromatic carbocycles. The number of anilines is 1. The molecule has 1 aromatic heterocycles. The van der Waals surface area contributed by atoms with E-state index in [1.807, 2.05) is 12.1 Å². The number of nitrogens with two attached hydrogens (primary N) is 1. The van der Waals surface area contributed by atoms with Crippen molar-refractivity contribution in [2.24, 2.45) is 5.73 Å². The molecule has 1 fully saturated rings. The van der Waals surface area contributed by atoms with E-state index in [0.717, 1.165) is 31.2 Å². The molecule has 0 aliphatic heterocycles. The van der Waals surface area contributed by atoms with Crippen molar-refractivity contribution in [2.75, 3.05) is 19.0 Å². The second-order valence-corrected chi connectivity index (χ2v) is 10.4. The number of carbonyl (C=O) groups is 2. The van der Waals surface area contributed by atoms with Crippen molar-refractivity contribution in [2.45, 2.75) is 50.7 Å². The Kier molecular flexibility index (Phi) is 9.68. The quantitative estimate of drug-likeness (QED) is 0.195. The number of nitrogens with one attached hydrogen (secondary N) is 1. The molecular formula is C33H34FN3O6. The lowest BCUT2D eigenvalue weighted by molar-refractivity contribution is -0.150. The fraction of sp³-hybridized carbons (Fsp3) is 0.303. The number of pyridine rings is 1. The van der Waals surface area contributed by atoms with E-state index < -0.39 is 12.0 Å². The Bertz CT molecular complexity index is 1560. The maximum absolute atomic E-state index is 13.1. The third-order valence-electron chi connectivity index (χ3n) is 7.20. The summed E-state index contributed by atoms with van der Waals surface area (Å²) in [5.41, 5.74) is 7.99. The van der Waals surface area contributed by atoms with Crippen LogP contribution < -0.4 is 25.3 Å². The van der Waals surface area contributed by atoms with Crippen LogP contribution in [0.4, 0.5) is 10.1 Å². The zero-order valence-corrected chi connectivity index (χ0v) is 23.9. The van der Waals surface area contributed by atoms with E-state index >= 15 is 0 Å². The number of benzene rings is 3. The molecule has 0 spiro atoms. The van der Waals surface area contributed by atoms with Crippen molar-refractivity contribution < 1.29 is 32.9 Å². The minimum absolute atomic E-state index is 0.0268. The third kappa shape index (κ3) is 7.98. The van der Waals surface area contributed by atoms with Gasteiger partial charge in [-0.3, -0.25) is 14.6 Å². The highest BCUT2D eigenvalue weighted by Crippen LogP contribution is 2.37. The number of nitrogens with zero attached hydrogens (tertiary/aromatic N) is 1. The van der Waals surface area contributed by atoms with E-state index in [2.05, 4.69) is 10.3 Å². The summed E-state index contributed by atoms with van der Waals surface area (Å²) in [5, 5.41) is 3.47. The molecule has 10 heteroatoms. The van der Waals surface area contributed by atoms with Crippen LogP contribution in [0.5, 0.6) is 23.0 Å². The van der Waals surface area contributed by atoms with Gasteiger partial charge in [-0.2, -0.15) is 0 Å². The second kappa shape index (κ2) is 14.0. The highest BCUT2D eigenvalue weighted by atomic mass is 19.1. The SMILES string of the molecule is COc1cc2c(Oc3ccc(CC(=O)Nc4ccc(F)cc4)cc3)ccnc2cc1OCCC(N)C(=O)OC1CCCC1. The molecule has 1 aliphatic rings. The number of carbonyl (C=O) groups excluding carboxylic acids is 2. The van der Waals surface area contributed by atoms with Gasteiger partial charge in [0.15, 0.2) is 11.5 Å². The summed E-state index contributed by atoms with van der Waals surface area (Å²) in [6.07, 6.45) is 6.00. The van der Waals surface area contributed by atoms with Crippen LogP contribution in [-0.4, -0.2) is 42.7 Å². The van der Waals surface area contributed by atoms with E-state index in [-0.39, 0.29) is 30.9 Å². The lowest BCUT2D eigenvalue weighted by atomic mass is 10.1. The Morgan fingerprint density at radius 1 is 1.00 bits per heavy atom. The van der Waals surface area contributed by atoms with Crippen molar-refractivity contribution in [3.05, 3.63) is 84.3 Å². The number of esters is 1. The minimum atomic E-state index is -0.763. The highest BCUT2D eigenvalue weighted by Gasteiger charge is 2.23. The van der Waals surface area contributed by atoms with Gasteiger partial charge in [0.2, 0.25) is 5.91 Å². The van der Waals surface area contributed by atoms with Gasteiger partial charge in [-0.15, -0.1) is 0 Å². The number of hydrogen-bond donors (Lipinski definition) is 2. The van der Waals surface area contributed by atoms with Crippen LogP contribution in [0.25, 0.3) is 10.9 Å². The molecule has 0 saturated heterocycles. The van der Waals surface area contributed by atoms with Gasteiger partial charge >= 0.3 is 5.97 Å². The van der Waals surface area contributed by atoms with Gasteiger partial charge < -0.3 is 30.0 Å². The lowest BCUT2D eigenvalue weighted by Gasteiger charge is -2.17. The summed E-state index contributed by atoms with van der Waals surface area (Å²) in [6.45, 7) is 0.202. The molecule has 1 amide bonds. The first-order chi connectivity index (χ1) is 20.9. The van der Waals surface area contributed by atoms with Crippen molar-refractivity contribution in [3.63, 3.8) is 0 Å². The van der Waals surface area contributed by atoms with Gasteiger partial charge in [0.1, 0.15) is 29.5 Å². The van der Waals surface area contributed by atoms with Crippen LogP contribution in [0.15, 0.2) is 72.9 Å². The Labute approximate surface area is 249 Å². The smallest absolute Gasteiger partial charge is 0.323 e. The number of fused-ring (bicyclic) bond motifs is 1. The molecule has 224 valence electrons. The predicted molar refractivity (Wildman–Crippen MR) is 160 cm³/mol. The lowest BCUT2D eigenvalue weighted by Crippen LogP contribution is -2.35. The summed E-state index contributed by atoms with van der Waals surface area (Å²) in [4.78, 5) is 29.1. The minimum Gasteiger partial charge on any atom is -0.493 e. The first-order valence-corrected chi connectivity index (χ1v) is 14.3. The molecule has 0 radical (unpaired) electrons. The molecular weight excluding hydrogens is 553 g/mol. The van der Waals surface area contributed by atoms with Crippen LogP contribution in [0.3, 0.4) is 0 Å². The Morgan fingerprint density at radius 3 is 2.47 bits per heavy atom. The molecule has 0 bridgehead atoms. The van der Waals surface area contributed by atoms with Gasteiger partial charge in [-0.1, -0.05) is 12.1 Å². The summed E-state index contributed by atoms with van der Waals surface area (Å²) in [5.74, 6) is 1.12. The van der Waals surface area contributed by atoms with Crippen molar-refractivity contribution in [3.8, 4) is 23.0 Å². The Morgan fingerprint density at radius 2 is 1.74 bits per heavy atom. The number of hydrogen-bond acceptors (Lipinski definition) is 8. The Hall–Kier alpha value is -4.70. The van der Waals surface area contributed by atoms with Crippen molar-refractivity contribution >= 4 is 28.5 Å². The van der Waals surface area contributed by atoms with Gasteiger partial charge in [0.25, 0.3) is 0 Å². The molecule has 1 atom stereocenters. The average Bonchev–Trinajstić information content (AvgIpc) is 3.52. The molecule has 1 saturated carbocycles. The number of ether oxygens (including phenoxy) is 4. The van der Waals surface area contributed by atoms with Crippen LogP contribution in [-0.2, 0) is 20.7 Å². The molecule has 5 rings (SSSR count). The largest absolute Gasteiger partial charge is 0.493 e. The second-order valence-electron chi connectivity index (χ2n) is 10.4. The standard InChI is InChI=1S/C33H34FN3O6/c1-40-30-19-26-28(20-31(30)41-17-15-27(35)33(39)43-24-4-2-3-5-24)36-16-14-29(26)42-25-12-6-21(7-13-25)18-32(38)37-23-10-8-22(34)9-11-23/h6-14,16,19-20,24,27H,2-5,15,17-18,35H2,1H3,(H,37,38). The number of rotatable bonds is 12. The fourth-order valence-corrected chi connectivity index (χ4v) is 4.89. The molecule has 3 N–H and O–H groups in total. The maximum atomic E-state index is 13.1. The predicted octanol–water partition coefficient (Wildman–Crippen LogP) is 5.94. The summed E-state index contributed by atoms with van der Waals surface area (Å²) in [6, 6.07) is 17.3. The number of methoxy groups -OCH3 is 1. The molecule has 1 aliphatic carbocycles. The van der Waals surface area contributed by atoms with Gasteiger partial charge in [0, 0.05) is 29.8 Å². The van der Waals surface area contributed by atoms with Crippen LogP contribution in [0.2, 0.25) is 0 Å². The monoisotopic (exact) mass is 587 g/mol. The van der Waals surface area contributed by atoms with Crippen LogP contribution in [0.1, 0.15) is 37.7 Å². The van der Waals surface area contributed by atoms with Crippen LogP contribution in [0, 0.1) is 5.82 Å². The zero-order valence-electron chi connectivity index (χ0n) is 23.9. The number of halogens is 1. The fourth-order valence-electron chi connectivity index (χ4n) is 4.89. The molecule has 1 heterocycles. The van der Waals surface area contributed by atoms with Crippen LogP contribution >= 0.6 is 0 Å². The normalized spacial score (nSPS) is 13.8. The molecule has 43 heavy (non-hydrogen) atoms. The van der Waals surface area contributed by atoms with Crippen molar-refractivity contribution in [1.82, 2.24) is 4.98 Å². The third-order valence-corrected chi connectivity index (χ3v) is 7.20.